The third kappa shape index (κ3) is 6.70. The molecule has 3 fully saturated rings. The molecule has 41 heavy (non-hydrogen) atoms. The molecule has 2 unspecified atom stereocenters. The van der Waals surface area contributed by atoms with Crippen molar-refractivity contribution in [2.24, 2.45) is 23.7 Å². The van der Waals surface area contributed by atoms with Gasteiger partial charge in [-0.2, -0.15) is 4.31 Å². The molecule has 2 heterocycles. The van der Waals surface area contributed by atoms with Gasteiger partial charge in [0, 0.05) is 30.8 Å². The topological polar surface area (TPSA) is 124 Å². The van der Waals surface area contributed by atoms with E-state index in [1.54, 1.807) is 12.1 Å². The van der Waals surface area contributed by atoms with Crippen molar-refractivity contribution in [2.45, 2.75) is 56.1 Å². The number of hydrogen-bond acceptors (Lipinski definition) is 8. The summed E-state index contributed by atoms with van der Waals surface area (Å²) in [5, 5.41) is 14.3. The Balaban J connectivity index is 1.33. The minimum atomic E-state index is -3.94. The Morgan fingerprint density at radius 1 is 1.05 bits per heavy atom. The number of carbonyl (C=O) groups excluding carboxylic acids is 1. The first-order chi connectivity index (χ1) is 19.7. The fourth-order valence-corrected chi connectivity index (χ4v) is 7.84. The summed E-state index contributed by atoms with van der Waals surface area (Å²) in [6, 6.07) is 14.8. The van der Waals surface area contributed by atoms with Crippen LogP contribution in [0.2, 0.25) is 0 Å². The molecule has 2 aromatic carbocycles. The van der Waals surface area contributed by atoms with E-state index in [1.165, 1.54) is 23.5 Å². The Morgan fingerprint density at radius 2 is 1.76 bits per heavy atom. The van der Waals surface area contributed by atoms with Crippen LogP contribution in [0.4, 0.5) is 4.79 Å². The molecule has 1 aliphatic carbocycles. The number of aliphatic hydroxyl groups is 1. The number of benzene rings is 2. The third-order valence-corrected chi connectivity index (χ3v) is 10.1. The zero-order valence-electron chi connectivity index (χ0n) is 23.7. The number of fused-ring (bicyclic) bond motifs is 1. The maximum atomic E-state index is 13.7. The van der Waals surface area contributed by atoms with Crippen LogP contribution in [0.1, 0.15) is 25.8 Å². The zero-order chi connectivity index (χ0) is 29.1. The zero-order valence-corrected chi connectivity index (χ0v) is 24.5. The van der Waals surface area contributed by atoms with Crippen LogP contribution in [-0.4, -0.2) is 81.9 Å². The van der Waals surface area contributed by atoms with Crippen LogP contribution in [-0.2, 0) is 30.7 Å². The Hall–Kier alpha value is -2.70. The van der Waals surface area contributed by atoms with Crippen molar-refractivity contribution in [1.29, 1.82) is 0 Å². The highest BCUT2D eigenvalue weighted by molar-refractivity contribution is 7.89. The second-order valence-electron chi connectivity index (χ2n) is 11.6. The largest absolute Gasteiger partial charge is 0.497 e. The van der Waals surface area contributed by atoms with Crippen LogP contribution >= 0.6 is 0 Å². The molecule has 2 saturated heterocycles. The molecule has 1 saturated carbocycles. The summed E-state index contributed by atoms with van der Waals surface area (Å²) < 4.78 is 51.2. The fraction of sp³-hybridized carbons (Fsp3) is 0.567. The van der Waals surface area contributed by atoms with Gasteiger partial charge in [-0.1, -0.05) is 44.2 Å². The lowest BCUT2D eigenvalue weighted by Crippen LogP contribution is -2.52. The van der Waals surface area contributed by atoms with Gasteiger partial charge in [0.25, 0.3) is 0 Å². The second kappa shape index (κ2) is 12.7. The number of methoxy groups -OCH3 is 1. The fourth-order valence-electron chi connectivity index (χ4n) is 6.22. The van der Waals surface area contributed by atoms with Gasteiger partial charge in [-0.3, -0.25) is 0 Å². The molecule has 2 N–H and O–H groups in total. The number of nitrogens with zero attached hydrogens (tertiary/aromatic N) is 1. The summed E-state index contributed by atoms with van der Waals surface area (Å²) in [6.07, 6.45) is -1.20. The summed E-state index contributed by atoms with van der Waals surface area (Å²) in [7, 11) is -2.43. The average Bonchev–Trinajstić information content (AvgIpc) is 3.49. The minimum absolute atomic E-state index is 0.00196. The monoisotopic (exact) mass is 588 g/mol. The highest BCUT2D eigenvalue weighted by atomic mass is 32.2. The highest BCUT2D eigenvalue weighted by Crippen LogP contribution is 2.49. The number of sulfonamides is 1. The molecule has 224 valence electrons. The van der Waals surface area contributed by atoms with E-state index >= 15 is 0 Å². The molecular weight excluding hydrogens is 548 g/mol. The van der Waals surface area contributed by atoms with Crippen molar-refractivity contribution in [3.05, 3.63) is 60.2 Å². The van der Waals surface area contributed by atoms with Crippen molar-refractivity contribution >= 4 is 16.1 Å². The average molecular weight is 589 g/mol. The Bertz CT molecular complexity index is 1270. The maximum Gasteiger partial charge on any atom is 0.407 e. The molecule has 3 aliphatic rings. The first-order valence-electron chi connectivity index (χ1n) is 14.2. The Labute approximate surface area is 242 Å². The van der Waals surface area contributed by atoms with Gasteiger partial charge in [-0.25, -0.2) is 13.2 Å². The van der Waals surface area contributed by atoms with Crippen molar-refractivity contribution in [2.75, 3.05) is 33.4 Å². The number of ether oxygens (including phenoxy) is 4. The maximum absolute atomic E-state index is 13.7. The molecule has 2 aromatic rings. The molecule has 0 radical (unpaired) electrons. The van der Waals surface area contributed by atoms with Crippen LogP contribution in [0.3, 0.4) is 0 Å². The van der Waals surface area contributed by atoms with E-state index in [2.05, 4.69) is 5.32 Å². The predicted octanol–water partition coefficient (Wildman–Crippen LogP) is 3.05. The van der Waals surface area contributed by atoms with Gasteiger partial charge >= 0.3 is 6.09 Å². The molecule has 5 rings (SSSR count). The van der Waals surface area contributed by atoms with E-state index in [0.717, 1.165) is 12.0 Å². The quantitative estimate of drug-likeness (QED) is 0.388. The van der Waals surface area contributed by atoms with E-state index < -0.39 is 28.3 Å². The molecule has 7 atom stereocenters. The lowest BCUT2D eigenvalue weighted by atomic mass is 9.98. The molecule has 0 spiro atoms. The van der Waals surface area contributed by atoms with Crippen molar-refractivity contribution in [3.8, 4) is 5.75 Å². The van der Waals surface area contributed by atoms with Gasteiger partial charge in [0.1, 0.15) is 11.9 Å². The summed E-state index contributed by atoms with van der Waals surface area (Å²) >= 11 is 0. The lowest BCUT2D eigenvalue weighted by Gasteiger charge is -2.31. The number of alkyl carbamates (subject to hydrolysis) is 1. The standard InChI is InChI=1S/C30H40N2O8S/c1-19(2)15-32(41(35,36)23-11-9-22(37-3)10-12-23)16-27(33)26(13-20-7-5-4-6-8-20)31-30(34)40-28-21-14-24-25(28)18-39-29(24)38-17-21/h4-12,19,21,24-29,33H,13-18H2,1-3H3,(H,31,34)/t21?,24?,25-,26-,27+,28-,29-/m0/s1. The van der Waals surface area contributed by atoms with E-state index in [-0.39, 0.29) is 54.1 Å². The number of hydrogen-bond donors (Lipinski definition) is 2. The van der Waals surface area contributed by atoms with Crippen molar-refractivity contribution in [3.63, 3.8) is 0 Å². The highest BCUT2D eigenvalue weighted by Gasteiger charge is 2.56. The van der Waals surface area contributed by atoms with Crippen molar-refractivity contribution in [1.82, 2.24) is 9.62 Å². The number of nitrogens with one attached hydrogen (secondary N) is 1. The number of rotatable bonds is 12. The summed E-state index contributed by atoms with van der Waals surface area (Å²) in [5.74, 6) is 0.978. The molecule has 11 heteroatoms. The van der Waals surface area contributed by atoms with Gasteiger partial charge in [-0.15, -0.1) is 0 Å². The summed E-state index contributed by atoms with van der Waals surface area (Å²) in [6.45, 7) is 4.80. The summed E-state index contributed by atoms with van der Waals surface area (Å²) in [4.78, 5) is 13.3. The SMILES string of the molecule is COc1ccc(S(=O)(=O)N(CC(C)C)C[C@@H](O)[C@H](Cc2ccccc2)NC(=O)O[C@H]2C3CO[C@H]4OC[C@H]2C4C3)cc1. The molecule has 10 nitrogen and oxygen atoms in total. The van der Waals surface area contributed by atoms with Gasteiger partial charge in [0.15, 0.2) is 6.29 Å². The van der Waals surface area contributed by atoms with E-state index in [4.69, 9.17) is 18.9 Å². The molecule has 2 bridgehead atoms. The van der Waals surface area contributed by atoms with Crippen LogP contribution in [0.25, 0.3) is 0 Å². The van der Waals surface area contributed by atoms with E-state index in [0.29, 0.717) is 25.4 Å². The van der Waals surface area contributed by atoms with Crippen LogP contribution < -0.4 is 10.1 Å². The second-order valence-corrected chi connectivity index (χ2v) is 13.6. The minimum Gasteiger partial charge on any atom is -0.497 e. The van der Waals surface area contributed by atoms with Crippen LogP contribution in [0, 0.1) is 23.7 Å². The number of amides is 1. The van der Waals surface area contributed by atoms with Gasteiger partial charge in [0.05, 0.1) is 37.4 Å². The molecule has 1 amide bonds. The smallest absolute Gasteiger partial charge is 0.407 e. The number of aliphatic hydroxyl groups excluding tert-OH is 1. The Morgan fingerprint density at radius 3 is 2.44 bits per heavy atom. The molecule has 0 aromatic heterocycles. The van der Waals surface area contributed by atoms with E-state index in [1.807, 2.05) is 44.2 Å². The van der Waals surface area contributed by atoms with E-state index in [9.17, 15) is 18.3 Å². The molecule has 2 aliphatic heterocycles. The summed E-state index contributed by atoms with van der Waals surface area (Å²) in [5.41, 5.74) is 0.891. The predicted molar refractivity (Wildman–Crippen MR) is 151 cm³/mol. The third-order valence-electron chi connectivity index (χ3n) is 8.25. The van der Waals surface area contributed by atoms with Gasteiger partial charge < -0.3 is 29.4 Å². The first kappa shape index (κ1) is 29.8. The molecular formula is C30H40N2O8S. The number of carbonyl (C=O) groups is 1. The Kier molecular flexibility index (Phi) is 9.20. The normalized spacial score (nSPS) is 26.6. The van der Waals surface area contributed by atoms with Gasteiger partial charge in [-0.05, 0) is 48.6 Å². The van der Waals surface area contributed by atoms with Crippen LogP contribution in [0.15, 0.2) is 59.5 Å². The first-order valence-corrected chi connectivity index (χ1v) is 15.7. The van der Waals surface area contributed by atoms with Gasteiger partial charge in [0.2, 0.25) is 10.0 Å². The lowest BCUT2D eigenvalue weighted by molar-refractivity contribution is -0.169. The van der Waals surface area contributed by atoms with Crippen molar-refractivity contribution < 1.29 is 37.3 Å². The van der Waals surface area contributed by atoms with Crippen LogP contribution in [0.5, 0.6) is 5.75 Å².